The van der Waals surface area contributed by atoms with E-state index in [1.807, 2.05) is 0 Å². The Morgan fingerprint density at radius 2 is 1.88 bits per heavy atom. The summed E-state index contributed by atoms with van der Waals surface area (Å²) in [6.07, 6.45) is -4.28. The molecule has 3 rings (SSSR count). The highest BCUT2D eigenvalue weighted by Gasteiger charge is 2.32. The maximum absolute atomic E-state index is 14.5. The smallest absolute Gasteiger partial charge is 0.319 e. The van der Waals surface area contributed by atoms with E-state index in [9.17, 15) is 27.2 Å². The molecular weight excluding hydrogens is 378 g/mol. The number of hydrogen-bond donors (Lipinski definition) is 3. The Hall–Kier alpha value is -2.39. The van der Waals surface area contributed by atoms with Crippen LogP contribution in [0.1, 0.15) is 27.2 Å². The first-order valence-corrected chi connectivity index (χ1v) is 7.40. The zero-order chi connectivity index (χ0) is 18.2. The van der Waals surface area contributed by atoms with Crippen LogP contribution in [0.25, 0.3) is 0 Å². The van der Waals surface area contributed by atoms with Crippen LogP contribution >= 0.6 is 12.4 Å². The first-order chi connectivity index (χ1) is 11.8. The first-order valence-electron chi connectivity index (χ1n) is 7.40. The average molecular weight is 392 g/mol. The second-order valence-electron chi connectivity index (χ2n) is 5.56. The molecule has 0 radical (unpaired) electrons. The van der Waals surface area contributed by atoms with Gasteiger partial charge in [-0.1, -0.05) is 6.07 Å². The second-order valence-corrected chi connectivity index (χ2v) is 5.56. The number of halogens is 5. The average Bonchev–Trinajstić information content (AvgIpc) is 2.56. The molecule has 0 fully saturated rings. The molecule has 26 heavy (non-hydrogen) atoms. The number of aromatic amines is 1. The van der Waals surface area contributed by atoms with E-state index in [2.05, 4.69) is 10.6 Å². The van der Waals surface area contributed by atoms with Crippen LogP contribution < -0.4 is 16.2 Å². The molecule has 2 heterocycles. The van der Waals surface area contributed by atoms with Crippen LogP contribution in [0.5, 0.6) is 0 Å². The van der Waals surface area contributed by atoms with Crippen LogP contribution in [0.15, 0.2) is 29.1 Å². The maximum Gasteiger partial charge on any atom is 0.431 e. The molecule has 0 bridgehead atoms. The maximum atomic E-state index is 14.5. The van der Waals surface area contributed by atoms with Crippen molar-refractivity contribution < 1.29 is 22.4 Å². The number of pyridine rings is 1. The van der Waals surface area contributed by atoms with Crippen LogP contribution in [0.2, 0.25) is 0 Å². The Kier molecular flexibility index (Phi) is 5.72. The van der Waals surface area contributed by atoms with Gasteiger partial charge in [-0.05, 0) is 42.3 Å². The summed E-state index contributed by atoms with van der Waals surface area (Å²) in [7, 11) is 0. The summed E-state index contributed by atoms with van der Waals surface area (Å²) in [4.78, 5) is 25.4. The quantitative estimate of drug-likeness (QED) is 0.689. The number of aromatic nitrogens is 1. The zero-order valence-electron chi connectivity index (χ0n) is 13.2. The van der Waals surface area contributed by atoms with E-state index in [1.54, 1.807) is 11.1 Å². The van der Waals surface area contributed by atoms with E-state index in [4.69, 9.17) is 0 Å². The summed E-state index contributed by atoms with van der Waals surface area (Å²) in [5.41, 5.74) is -1.87. The van der Waals surface area contributed by atoms with Gasteiger partial charge in [-0.2, -0.15) is 13.2 Å². The lowest BCUT2D eigenvalue weighted by Crippen LogP contribution is -2.27. The van der Waals surface area contributed by atoms with Crippen molar-refractivity contribution in [1.82, 2.24) is 10.3 Å². The lowest BCUT2D eigenvalue weighted by atomic mass is 9.99. The van der Waals surface area contributed by atoms with E-state index in [1.165, 1.54) is 6.07 Å². The summed E-state index contributed by atoms with van der Waals surface area (Å²) in [5.74, 6) is -1.58. The second kappa shape index (κ2) is 7.46. The van der Waals surface area contributed by atoms with Gasteiger partial charge in [0.05, 0.1) is 5.69 Å². The Bertz CT molecular complexity index is 896. The van der Waals surface area contributed by atoms with Gasteiger partial charge in [0, 0.05) is 6.54 Å². The van der Waals surface area contributed by atoms with Crippen molar-refractivity contribution in [1.29, 1.82) is 0 Å². The third-order valence-electron chi connectivity index (χ3n) is 3.92. The Labute approximate surface area is 151 Å². The van der Waals surface area contributed by atoms with Gasteiger partial charge in [0.25, 0.3) is 11.5 Å². The molecule has 5 nitrogen and oxygen atoms in total. The van der Waals surface area contributed by atoms with Gasteiger partial charge in [-0.3, -0.25) is 9.59 Å². The van der Waals surface area contributed by atoms with Crippen LogP contribution in [-0.4, -0.2) is 17.4 Å². The van der Waals surface area contributed by atoms with Crippen molar-refractivity contribution in [2.24, 2.45) is 0 Å². The Balaban J connectivity index is 0.00000243. The van der Waals surface area contributed by atoms with E-state index in [0.717, 1.165) is 11.6 Å². The zero-order valence-corrected chi connectivity index (χ0v) is 14.0. The number of alkyl halides is 3. The molecule has 3 N–H and O–H groups in total. The number of H-pyrrole nitrogens is 1. The summed E-state index contributed by atoms with van der Waals surface area (Å²) in [5, 5.41) is 5.33. The van der Waals surface area contributed by atoms with Crippen molar-refractivity contribution in [3.63, 3.8) is 0 Å². The highest BCUT2D eigenvalue weighted by atomic mass is 35.5. The molecule has 0 aliphatic carbocycles. The number of benzene rings is 1. The minimum Gasteiger partial charge on any atom is -0.319 e. The minimum atomic E-state index is -4.73. The van der Waals surface area contributed by atoms with Gasteiger partial charge >= 0.3 is 6.18 Å². The van der Waals surface area contributed by atoms with Gasteiger partial charge in [0.2, 0.25) is 0 Å². The van der Waals surface area contributed by atoms with Gasteiger partial charge in [-0.25, -0.2) is 4.39 Å². The van der Waals surface area contributed by atoms with Crippen molar-refractivity contribution in [2.45, 2.75) is 19.1 Å². The number of fused-ring (bicyclic) bond motifs is 1. The molecule has 0 spiro atoms. The molecule has 10 heteroatoms. The molecule has 0 saturated carbocycles. The molecule has 1 aromatic carbocycles. The highest BCUT2D eigenvalue weighted by Crippen LogP contribution is 2.27. The molecule has 0 saturated heterocycles. The molecule has 2 aromatic rings. The van der Waals surface area contributed by atoms with Crippen LogP contribution in [0.3, 0.4) is 0 Å². The molecule has 1 amide bonds. The fourth-order valence-corrected chi connectivity index (χ4v) is 2.64. The number of carbonyl (C=O) groups excluding carboxylic acids is 1. The standard InChI is InChI=1S/C16H13F4N3O2.ClH/c17-13-9-5-6-21-7-8(9)1-3-11(13)22-14(24)10-2-4-12(16(18,19)20)23-15(10)25;/h1-4,21H,5-7H2,(H,22,24)(H,23,25);1H. The molecule has 1 aliphatic heterocycles. The normalized spacial score (nSPS) is 13.5. The van der Waals surface area contributed by atoms with Crippen LogP contribution in [-0.2, 0) is 19.1 Å². The summed E-state index contributed by atoms with van der Waals surface area (Å²) in [6, 6.07) is 4.36. The van der Waals surface area contributed by atoms with Gasteiger partial charge in [-0.15, -0.1) is 12.4 Å². The first kappa shape index (κ1) is 19.9. The van der Waals surface area contributed by atoms with E-state index >= 15 is 0 Å². The van der Waals surface area contributed by atoms with Crippen molar-refractivity contribution in [3.8, 4) is 0 Å². The van der Waals surface area contributed by atoms with Gasteiger partial charge < -0.3 is 15.6 Å². The molecular formula is C16H14ClF4N3O2. The fraction of sp³-hybridized carbons (Fsp3) is 0.250. The SMILES string of the molecule is Cl.O=C(Nc1ccc2c(c1F)CCNC2)c1ccc(C(F)(F)F)[nH]c1=O. The predicted molar refractivity (Wildman–Crippen MR) is 89.1 cm³/mol. The number of anilines is 1. The number of rotatable bonds is 2. The largest absolute Gasteiger partial charge is 0.431 e. The van der Waals surface area contributed by atoms with Crippen LogP contribution in [0, 0.1) is 5.82 Å². The topological polar surface area (TPSA) is 74.0 Å². The summed E-state index contributed by atoms with van der Waals surface area (Å²) < 4.78 is 52.1. The number of hydrogen-bond acceptors (Lipinski definition) is 3. The van der Waals surface area contributed by atoms with Crippen molar-refractivity contribution >= 4 is 24.0 Å². The third kappa shape index (κ3) is 3.88. The van der Waals surface area contributed by atoms with E-state index in [-0.39, 0.29) is 18.1 Å². The van der Waals surface area contributed by atoms with Crippen molar-refractivity contribution in [3.05, 3.63) is 62.8 Å². The molecule has 140 valence electrons. The number of amides is 1. The minimum absolute atomic E-state index is 0. The number of nitrogens with one attached hydrogen (secondary N) is 3. The predicted octanol–water partition coefficient (Wildman–Crippen LogP) is 2.85. The van der Waals surface area contributed by atoms with Crippen LogP contribution in [0.4, 0.5) is 23.2 Å². The van der Waals surface area contributed by atoms with Gasteiger partial charge in [0.15, 0.2) is 0 Å². The lowest BCUT2D eigenvalue weighted by Gasteiger charge is -2.19. The van der Waals surface area contributed by atoms with E-state index < -0.39 is 34.7 Å². The number of carbonyl (C=O) groups is 1. The molecule has 0 atom stereocenters. The lowest BCUT2D eigenvalue weighted by molar-refractivity contribution is -0.141. The third-order valence-corrected chi connectivity index (χ3v) is 3.92. The van der Waals surface area contributed by atoms with Crippen molar-refractivity contribution in [2.75, 3.05) is 11.9 Å². The molecule has 1 aliphatic rings. The monoisotopic (exact) mass is 391 g/mol. The summed E-state index contributed by atoms with van der Waals surface area (Å²) >= 11 is 0. The van der Waals surface area contributed by atoms with E-state index in [0.29, 0.717) is 31.1 Å². The summed E-state index contributed by atoms with van der Waals surface area (Å²) in [6.45, 7) is 1.11. The Morgan fingerprint density at radius 1 is 1.15 bits per heavy atom. The highest BCUT2D eigenvalue weighted by molar-refractivity contribution is 6.04. The van der Waals surface area contributed by atoms with Gasteiger partial charge in [0.1, 0.15) is 17.1 Å². The fourth-order valence-electron chi connectivity index (χ4n) is 2.64. The Morgan fingerprint density at radius 3 is 2.54 bits per heavy atom. The molecule has 1 aromatic heterocycles. The molecule has 0 unspecified atom stereocenters.